The predicted molar refractivity (Wildman–Crippen MR) is 87.5 cm³/mol. The van der Waals surface area contributed by atoms with Crippen molar-refractivity contribution in [3.63, 3.8) is 0 Å². The van der Waals surface area contributed by atoms with Crippen LogP contribution in [-0.2, 0) is 16.0 Å². The van der Waals surface area contributed by atoms with Crippen molar-refractivity contribution in [2.45, 2.75) is 32.5 Å². The van der Waals surface area contributed by atoms with Crippen LogP contribution in [0.25, 0.3) is 0 Å². The molecule has 3 N–H and O–H groups in total. The monoisotopic (exact) mass is 354 g/mol. The molecule has 0 aliphatic heterocycles. The van der Waals surface area contributed by atoms with E-state index in [0.717, 1.165) is 0 Å². The Morgan fingerprint density at radius 1 is 1.04 bits per heavy atom. The Hall–Kier alpha value is -2.81. The van der Waals surface area contributed by atoms with Gasteiger partial charge in [-0.3, -0.25) is 4.79 Å². The zero-order chi connectivity index (χ0) is 19.0. The first kappa shape index (κ1) is 20.2. The summed E-state index contributed by atoms with van der Waals surface area (Å²) >= 11 is 0. The summed E-state index contributed by atoms with van der Waals surface area (Å²) in [6, 6.07) is 4.32. The fourth-order valence-electron chi connectivity index (χ4n) is 1.64. The van der Waals surface area contributed by atoms with E-state index in [2.05, 4.69) is 10.6 Å². The van der Waals surface area contributed by atoms with Crippen LogP contribution in [0.2, 0.25) is 0 Å². The molecule has 25 heavy (non-hydrogen) atoms. The van der Waals surface area contributed by atoms with Crippen molar-refractivity contribution in [3.05, 3.63) is 23.8 Å². The SMILES string of the molecule is CNC(=O)Oc1ccc(CC(=O)OC(C)C(C)O)cc1OC(=O)NC. The standard InChI is InChI=1S/C16H22N2O7/c1-9(19)10(2)23-14(20)8-11-5-6-12(24-15(21)17-3)13(7-11)25-16(22)18-4/h5-7,9-10,19H,8H2,1-4H3,(H,17,21)(H,18,22). The topological polar surface area (TPSA) is 123 Å². The van der Waals surface area contributed by atoms with Gasteiger partial charge in [0.15, 0.2) is 11.5 Å². The third-order valence-corrected chi connectivity index (χ3v) is 3.17. The van der Waals surface area contributed by atoms with E-state index in [1.54, 1.807) is 6.92 Å². The summed E-state index contributed by atoms with van der Waals surface area (Å²) in [5.41, 5.74) is 0.478. The molecular weight excluding hydrogens is 332 g/mol. The van der Waals surface area contributed by atoms with Crippen molar-refractivity contribution in [2.24, 2.45) is 0 Å². The number of amides is 2. The third kappa shape index (κ3) is 6.68. The smallest absolute Gasteiger partial charge is 0.412 e. The molecule has 1 rings (SSSR count). The molecule has 9 heteroatoms. The van der Waals surface area contributed by atoms with Gasteiger partial charge in [-0.2, -0.15) is 0 Å². The van der Waals surface area contributed by atoms with Crippen LogP contribution < -0.4 is 20.1 Å². The second-order valence-electron chi connectivity index (χ2n) is 5.17. The van der Waals surface area contributed by atoms with Crippen LogP contribution in [0, 0.1) is 0 Å². The lowest BCUT2D eigenvalue weighted by Gasteiger charge is -2.16. The second kappa shape index (κ2) is 9.48. The van der Waals surface area contributed by atoms with Crippen LogP contribution in [0.15, 0.2) is 18.2 Å². The van der Waals surface area contributed by atoms with Crippen LogP contribution in [0.4, 0.5) is 9.59 Å². The zero-order valence-corrected chi connectivity index (χ0v) is 14.5. The van der Waals surface area contributed by atoms with Crippen LogP contribution in [0.3, 0.4) is 0 Å². The number of aliphatic hydroxyl groups excluding tert-OH is 1. The van der Waals surface area contributed by atoms with E-state index in [1.807, 2.05) is 0 Å². The molecule has 9 nitrogen and oxygen atoms in total. The predicted octanol–water partition coefficient (Wildman–Crippen LogP) is 0.978. The second-order valence-corrected chi connectivity index (χ2v) is 5.17. The average molecular weight is 354 g/mol. The van der Waals surface area contributed by atoms with Gasteiger partial charge in [0.25, 0.3) is 0 Å². The van der Waals surface area contributed by atoms with E-state index < -0.39 is 30.4 Å². The maximum atomic E-state index is 11.9. The number of carbonyl (C=O) groups excluding carboxylic acids is 3. The number of nitrogens with one attached hydrogen (secondary N) is 2. The summed E-state index contributed by atoms with van der Waals surface area (Å²) in [7, 11) is 2.76. The molecule has 2 amide bonds. The van der Waals surface area contributed by atoms with Crippen molar-refractivity contribution in [3.8, 4) is 11.5 Å². The van der Waals surface area contributed by atoms with E-state index in [9.17, 15) is 19.5 Å². The van der Waals surface area contributed by atoms with Crippen LogP contribution in [0.1, 0.15) is 19.4 Å². The van der Waals surface area contributed by atoms with Crippen molar-refractivity contribution >= 4 is 18.2 Å². The Balaban J connectivity index is 2.94. The molecule has 0 aromatic heterocycles. The van der Waals surface area contributed by atoms with Gasteiger partial charge >= 0.3 is 18.2 Å². The number of ether oxygens (including phenoxy) is 3. The van der Waals surface area contributed by atoms with E-state index in [4.69, 9.17) is 14.2 Å². The molecule has 2 unspecified atom stereocenters. The number of hydrogen-bond acceptors (Lipinski definition) is 7. The molecular formula is C16H22N2O7. The first-order chi connectivity index (χ1) is 11.8. The Labute approximate surface area is 145 Å². The van der Waals surface area contributed by atoms with Gasteiger partial charge in [-0.05, 0) is 31.5 Å². The molecule has 0 heterocycles. The van der Waals surface area contributed by atoms with Crippen molar-refractivity contribution < 1.29 is 33.7 Å². The Morgan fingerprint density at radius 2 is 1.60 bits per heavy atom. The van der Waals surface area contributed by atoms with Crippen molar-refractivity contribution in [1.82, 2.24) is 10.6 Å². The molecule has 0 bridgehead atoms. The Bertz CT molecular complexity index is 631. The molecule has 0 aliphatic rings. The summed E-state index contributed by atoms with van der Waals surface area (Å²) in [5, 5.41) is 13.9. The molecule has 1 aromatic carbocycles. The number of esters is 1. The minimum atomic E-state index is -0.792. The van der Waals surface area contributed by atoms with E-state index >= 15 is 0 Å². The van der Waals surface area contributed by atoms with E-state index in [1.165, 1.54) is 39.2 Å². The first-order valence-corrected chi connectivity index (χ1v) is 7.56. The Kier molecular flexibility index (Phi) is 7.67. The summed E-state index contributed by atoms with van der Waals surface area (Å²) in [6.07, 6.45) is -3.05. The molecule has 0 spiro atoms. The summed E-state index contributed by atoms with van der Waals surface area (Å²) in [4.78, 5) is 34.7. The summed E-state index contributed by atoms with van der Waals surface area (Å²) in [6.45, 7) is 3.08. The fourth-order valence-corrected chi connectivity index (χ4v) is 1.64. The maximum Gasteiger partial charge on any atom is 0.412 e. The number of rotatable bonds is 6. The molecule has 0 saturated heterocycles. The number of hydrogen-bond donors (Lipinski definition) is 3. The van der Waals surface area contributed by atoms with Crippen LogP contribution >= 0.6 is 0 Å². The average Bonchev–Trinajstić information content (AvgIpc) is 2.56. The molecule has 138 valence electrons. The van der Waals surface area contributed by atoms with Gasteiger partial charge in [0.2, 0.25) is 0 Å². The van der Waals surface area contributed by atoms with E-state index in [-0.39, 0.29) is 17.9 Å². The molecule has 0 radical (unpaired) electrons. The molecule has 2 atom stereocenters. The minimum absolute atomic E-state index is 0.0115. The van der Waals surface area contributed by atoms with Gasteiger partial charge in [0.05, 0.1) is 12.5 Å². The number of aliphatic hydroxyl groups is 1. The van der Waals surface area contributed by atoms with Gasteiger partial charge in [0, 0.05) is 14.1 Å². The normalized spacial score (nSPS) is 12.5. The van der Waals surface area contributed by atoms with Crippen molar-refractivity contribution in [1.29, 1.82) is 0 Å². The lowest BCUT2D eigenvalue weighted by molar-refractivity contribution is -0.152. The highest BCUT2D eigenvalue weighted by atomic mass is 16.6. The van der Waals surface area contributed by atoms with Gasteiger partial charge < -0.3 is 30.0 Å². The minimum Gasteiger partial charge on any atom is -0.460 e. The molecule has 1 aromatic rings. The Morgan fingerprint density at radius 3 is 2.12 bits per heavy atom. The lowest BCUT2D eigenvalue weighted by atomic mass is 10.1. The van der Waals surface area contributed by atoms with Gasteiger partial charge in [-0.25, -0.2) is 9.59 Å². The van der Waals surface area contributed by atoms with E-state index in [0.29, 0.717) is 5.56 Å². The number of benzene rings is 1. The van der Waals surface area contributed by atoms with Gasteiger partial charge in [-0.15, -0.1) is 0 Å². The highest BCUT2D eigenvalue weighted by Gasteiger charge is 2.17. The zero-order valence-electron chi connectivity index (χ0n) is 14.5. The third-order valence-electron chi connectivity index (χ3n) is 3.17. The van der Waals surface area contributed by atoms with Gasteiger partial charge in [0.1, 0.15) is 6.10 Å². The first-order valence-electron chi connectivity index (χ1n) is 7.56. The molecule has 0 aliphatic carbocycles. The van der Waals surface area contributed by atoms with Gasteiger partial charge in [-0.1, -0.05) is 6.07 Å². The van der Waals surface area contributed by atoms with Crippen LogP contribution in [0.5, 0.6) is 11.5 Å². The number of carbonyl (C=O) groups is 3. The highest BCUT2D eigenvalue weighted by molar-refractivity contribution is 5.76. The molecule has 0 fully saturated rings. The highest BCUT2D eigenvalue weighted by Crippen LogP contribution is 2.29. The molecule has 0 saturated carbocycles. The quantitative estimate of drug-likeness (QED) is 0.651. The lowest BCUT2D eigenvalue weighted by Crippen LogP contribution is -2.27. The summed E-state index contributed by atoms with van der Waals surface area (Å²) in [5.74, 6) is -0.575. The summed E-state index contributed by atoms with van der Waals surface area (Å²) < 4.78 is 15.1. The van der Waals surface area contributed by atoms with Crippen LogP contribution in [-0.4, -0.2) is 49.6 Å². The largest absolute Gasteiger partial charge is 0.460 e. The fraction of sp³-hybridized carbons (Fsp3) is 0.438. The maximum absolute atomic E-state index is 11.9. The van der Waals surface area contributed by atoms with Crippen molar-refractivity contribution in [2.75, 3.05) is 14.1 Å².